The Morgan fingerprint density at radius 2 is 1.96 bits per heavy atom. The first-order valence-electron chi connectivity index (χ1n) is 6.96. The number of rotatable bonds is 4. The van der Waals surface area contributed by atoms with Crippen LogP contribution in [0.1, 0.15) is 10.4 Å². The van der Waals surface area contributed by atoms with Gasteiger partial charge in [0.2, 0.25) is 5.00 Å². The van der Waals surface area contributed by atoms with Crippen molar-refractivity contribution in [3.63, 3.8) is 0 Å². The third-order valence-corrected chi connectivity index (χ3v) is 4.51. The lowest BCUT2D eigenvalue weighted by Crippen LogP contribution is -2.55. The number of hydrogen-bond acceptors (Lipinski definition) is 3. The smallest absolute Gasteiger partial charge is 0.295 e. The zero-order valence-electron chi connectivity index (χ0n) is 13.0. The monoisotopic (exact) mass is 333 g/mol. The maximum atomic E-state index is 12.9. The van der Waals surface area contributed by atoms with E-state index in [-0.39, 0.29) is 12.4 Å². The first-order valence-corrected chi connectivity index (χ1v) is 7.78. The van der Waals surface area contributed by atoms with E-state index < -0.39 is 10.7 Å². The largest absolute Gasteiger partial charge is 0.457 e. The van der Waals surface area contributed by atoms with Gasteiger partial charge in [0.05, 0.1) is 0 Å². The third-order valence-electron chi connectivity index (χ3n) is 3.32. The second-order valence-electron chi connectivity index (χ2n) is 5.35. The number of halogens is 1. The number of urea groups is 1. The maximum absolute atomic E-state index is 12.9. The number of hydroxylamine groups is 2. The molecular weight excluding hydrogens is 315 g/mol. The van der Waals surface area contributed by atoms with E-state index in [0.29, 0.717) is 11.4 Å². The Hall–Kier alpha value is -2.20. The molecule has 0 aliphatic rings. The lowest BCUT2D eigenvalue weighted by Gasteiger charge is -2.25. The van der Waals surface area contributed by atoms with Gasteiger partial charge in [0, 0.05) is 31.5 Å². The summed E-state index contributed by atoms with van der Waals surface area (Å²) in [6.07, 6.45) is 5.90. The number of quaternary nitrogens is 1. The van der Waals surface area contributed by atoms with Gasteiger partial charge in [-0.05, 0) is 34.3 Å². The van der Waals surface area contributed by atoms with E-state index in [4.69, 9.17) is 6.42 Å². The van der Waals surface area contributed by atoms with Crippen LogP contribution in [-0.4, -0.2) is 36.8 Å². The summed E-state index contributed by atoms with van der Waals surface area (Å²) in [6.45, 7) is -0.145. The van der Waals surface area contributed by atoms with Gasteiger partial charge in [0.15, 0.2) is 6.54 Å². The van der Waals surface area contributed by atoms with Gasteiger partial charge >= 0.3 is 6.03 Å². The third kappa shape index (κ3) is 3.77. The fourth-order valence-electron chi connectivity index (χ4n) is 2.17. The number of nitrogens with zero attached hydrogens (tertiary/aromatic N) is 2. The summed E-state index contributed by atoms with van der Waals surface area (Å²) >= 11 is 1.31. The molecule has 0 spiro atoms. The molecule has 0 bridgehead atoms. The lowest BCUT2D eigenvalue weighted by molar-refractivity contribution is -0.0306. The summed E-state index contributed by atoms with van der Waals surface area (Å²) in [5.41, 5.74) is 0.951. The average Bonchev–Trinajstić information content (AvgIpc) is 2.98. The van der Waals surface area contributed by atoms with Crippen molar-refractivity contribution in [3.05, 3.63) is 52.7 Å². The van der Waals surface area contributed by atoms with Crippen molar-refractivity contribution in [2.24, 2.45) is 0 Å². The van der Waals surface area contributed by atoms with Crippen molar-refractivity contribution in [1.29, 1.82) is 0 Å². The van der Waals surface area contributed by atoms with Crippen LogP contribution in [0.4, 0.5) is 14.2 Å². The van der Waals surface area contributed by atoms with E-state index in [1.165, 1.54) is 28.4 Å². The van der Waals surface area contributed by atoms with Crippen molar-refractivity contribution >= 4 is 22.4 Å². The number of carbonyl (C=O) groups excluding carboxylic acids is 1. The molecule has 0 aliphatic carbocycles. The molecule has 1 aromatic heterocycles. The predicted octanol–water partition coefficient (Wildman–Crippen LogP) is 3.49. The van der Waals surface area contributed by atoms with Crippen molar-refractivity contribution < 1.29 is 14.4 Å². The molecule has 0 saturated heterocycles. The summed E-state index contributed by atoms with van der Waals surface area (Å²) in [6, 6.07) is 9.27. The molecule has 1 heterocycles. The quantitative estimate of drug-likeness (QED) is 0.403. The van der Waals surface area contributed by atoms with Crippen LogP contribution in [0, 0.1) is 18.2 Å². The predicted molar refractivity (Wildman–Crippen MR) is 89.9 cm³/mol. The Morgan fingerprint density at radius 1 is 1.30 bits per heavy atom. The van der Waals surface area contributed by atoms with Gasteiger partial charge < -0.3 is 0 Å². The average molecular weight is 333 g/mol. The van der Waals surface area contributed by atoms with Crippen LogP contribution in [0.3, 0.4) is 0 Å². The Morgan fingerprint density at radius 3 is 2.52 bits per heavy atom. The Bertz CT molecular complexity index is 734. The highest BCUT2D eigenvalue weighted by molar-refractivity contribution is 7.16. The van der Waals surface area contributed by atoms with E-state index in [0.717, 1.165) is 10.4 Å². The minimum absolute atomic E-state index is 0.145. The van der Waals surface area contributed by atoms with Crippen LogP contribution in [0.2, 0.25) is 0 Å². The van der Waals surface area contributed by atoms with Crippen molar-refractivity contribution in [2.45, 2.75) is 6.42 Å². The van der Waals surface area contributed by atoms with Gasteiger partial charge in [-0.3, -0.25) is 4.90 Å². The molecule has 120 valence electrons. The van der Waals surface area contributed by atoms with Crippen molar-refractivity contribution in [3.8, 4) is 12.3 Å². The normalized spacial score (nSPS) is 13.2. The molecule has 2 aromatic rings. The van der Waals surface area contributed by atoms with Gasteiger partial charge in [-0.2, -0.15) is 0 Å². The number of amides is 2. The summed E-state index contributed by atoms with van der Waals surface area (Å²) in [4.78, 5) is 14.5. The van der Waals surface area contributed by atoms with Crippen LogP contribution in [-0.2, 0) is 6.42 Å². The van der Waals surface area contributed by atoms with E-state index in [1.807, 2.05) is 6.07 Å². The molecule has 23 heavy (non-hydrogen) atoms. The van der Waals surface area contributed by atoms with Gasteiger partial charge in [-0.15, -0.1) is 6.42 Å². The zero-order chi connectivity index (χ0) is 17.0. The highest BCUT2D eigenvalue weighted by atomic mass is 32.1. The van der Waals surface area contributed by atoms with E-state index in [1.54, 1.807) is 32.3 Å². The molecule has 0 fully saturated rings. The number of carbonyl (C=O) groups is 1. The molecule has 0 saturated carbocycles. The molecule has 2 amide bonds. The first-order chi connectivity index (χ1) is 10.9. The number of terminal acetylenes is 1. The lowest BCUT2D eigenvalue weighted by atomic mass is 10.1. The second-order valence-corrected chi connectivity index (χ2v) is 6.50. The molecule has 6 heteroatoms. The zero-order valence-corrected chi connectivity index (χ0v) is 13.8. The molecule has 2 rings (SSSR count). The first kappa shape index (κ1) is 17.2. The molecule has 1 aromatic carbocycles. The summed E-state index contributed by atoms with van der Waals surface area (Å²) in [5.74, 6) is 2.07. The van der Waals surface area contributed by atoms with Gasteiger partial charge in [-0.25, -0.2) is 14.4 Å². The molecule has 1 unspecified atom stereocenters. The van der Waals surface area contributed by atoms with Crippen molar-refractivity contribution in [1.82, 2.24) is 9.55 Å². The topological polar surface area (TPSA) is 40.5 Å². The van der Waals surface area contributed by atoms with Crippen LogP contribution in [0.15, 0.2) is 36.4 Å². The highest BCUT2D eigenvalue weighted by Gasteiger charge is 2.41. The maximum Gasteiger partial charge on any atom is 0.457 e. The molecule has 4 nitrogen and oxygen atoms in total. The molecule has 0 aliphatic heterocycles. The standard InChI is InChI=1S/C17H18FN2O2S/c1-4-11-20(22,17(21)19(2)3)16-10-9-15(23-16)12-13-5-7-14(18)8-6-13/h1,5-10,22H,11-12H2,2-3H3/q+1. The minimum atomic E-state index is -0.947. The van der Waals surface area contributed by atoms with Crippen LogP contribution in [0.5, 0.6) is 0 Å². The fraction of sp³-hybridized carbons (Fsp3) is 0.235. The van der Waals surface area contributed by atoms with Crippen molar-refractivity contribution in [2.75, 3.05) is 20.6 Å². The van der Waals surface area contributed by atoms with Crippen LogP contribution in [0.25, 0.3) is 0 Å². The Kier molecular flexibility index (Phi) is 5.16. The number of thiophene rings is 1. The summed E-state index contributed by atoms with van der Waals surface area (Å²) in [5, 5.41) is 11.2. The summed E-state index contributed by atoms with van der Waals surface area (Å²) < 4.78 is 12.0. The van der Waals surface area contributed by atoms with Gasteiger partial charge in [-0.1, -0.05) is 23.5 Å². The second kappa shape index (κ2) is 6.92. The Labute approximate surface area is 138 Å². The summed E-state index contributed by atoms with van der Waals surface area (Å²) in [7, 11) is 3.13. The SMILES string of the molecule is C#CC[N+](O)(C(=O)N(C)C)c1ccc(Cc2ccc(F)cc2)s1. The molecule has 1 atom stereocenters. The number of hydrogen-bond donors (Lipinski definition) is 1. The molecular formula is C17H18FN2O2S+. The van der Waals surface area contributed by atoms with Crippen LogP contribution < -0.4 is 4.65 Å². The van der Waals surface area contributed by atoms with E-state index >= 15 is 0 Å². The number of benzene rings is 1. The Balaban J connectivity index is 2.26. The van der Waals surface area contributed by atoms with Gasteiger partial charge in [0.1, 0.15) is 5.82 Å². The minimum Gasteiger partial charge on any atom is -0.295 e. The van der Waals surface area contributed by atoms with E-state index in [2.05, 4.69) is 5.92 Å². The fourth-order valence-corrected chi connectivity index (χ4v) is 3.24. The molecule has 1 N–H and O–H groups in total. The van der Waals surface area contributed by atoms with Crippen LogP contribution >= 0.6 is 11.3 Å². The molecule has 0 radical (unpaired) electrons. The highest BCUT2D eigenvalue weighted by Crippen LogP contribution is 2.32. The van der Waals surface area contributed by atoms with E-state index in [9.17, 15) is 14.4 Å². The van der Waals surface area contributed by atoms with Gasteiger partial charge in [0.25, 0.3) is 0 Å².